The maximum atomic E-state index is 10.6. The molecule has 9 heavy (non-hydrogen) atoms. The maximum Gasteiger partial charge on any atom is 0.308 e. The summed E-state index contributed by atoms with van der Waals surface area (Å²) in [5, 5.41) is 0. The first kappa shape index (κ1) is 8.76. The number of ether oxygens (including phenoxy) is 1. The van der Waals surface area contributed by atoms with Crippen molar-refractivity contribution in [3.8, 4) is 0 Å². The summed E-state index contributed by atoms with van der Waals surface area (Å²) in [5.41, 5.74) is 0. The predicted molar refractivity (Wildman–Crippen MR) is 36.5 cm³/mol. The second kappa shape index (κ2) is 4.62. The molecule has 0 spiro atoms. The van der Waals surface area contributed by atoms with Crippen molar-refractivity contribution in [2.75, 3.05) is 13.0 Å². The van der Waals surface area contributed by atoms with Gasteiger partial charge in [-0.05, 0) is 6.42 Å². The van der Waals surface area contributed by atoms with Gasteiger partial charge in [0.25, 0.3) is 0 Å². The van der Waals surface area contributed by atoms with Gasteiger partial charge in [-0.3, -0.25) is 4.79 Å². The van der Waals surface area contributed by atoms with Gasteiger partial charge in [0.1, 0.15) is 0 Å². The number of carbonyl (C=O) groups excluding carboxylic acids is 1. The third-order valence-electron chi connectivity index (χ3n) is 1.15. The number of halogens is 1. The molecule has 0 heterocycles. The molecule has 0 N–H and O–H groups in total. The van der Waals surface area contributed by atoms with Crippen molar-refractivity contribution in [2.24, 2.45) is 5.92 Å². The molecule has 1 atom stereocenters. The molecule has 3 heteroatoms. The van der Waals surface area contributed by atoms with Crippen molar-refractivity contribution in [1.29, 1.82) is 0 Å². The number of alkyl halides is 1. The quantitative estimate of drug-likeness (QED) is 0.450. The first-order valence-corrected chi connectivity index (χ1v) is 3.39. The normalized spacial score (nSPS) is 12.8. The largest absolute Gasteiger partial charge is 0.469 e. The van der Waals surface area contributed by atoms with Crippen molar-refractivity contribution >= 4 is 17.6 Å². The van der Waals surface area contributed by atoms with Crippen LogP contribution >= 0.6 is 11.6 Å². The van der Waals surface area contributed by atoms with E-state index in [2.05, 4.69) is 4.74 Å². The molecule has 0 unspecified atom stereocenters. The number of rotatable bonds is 3. The van der Waals surface area contributed by atoms with Crippen molar-refractivity contribution in [2.45, 2.75) is 13.3 Å². The van der Waals surface area contributed by atoms with Crippen LogP contribution in [0.25, 0.3) is 0 Å². The van der Waals surface area contributed by atoms with Gasteiger partial charge in [-0.1, -0.05) is 6.92 Å². The molecule has 0 aliphatic carbocycles. The van der Waals surface area contributed by atoms with Gasteiger partial charge in [-0.25, -0.2) is 0 Å². The lowest BCUT2D eigenvalue weighted by atomic mass is 10.1. The number of carbonyl (C=O) groups is 1. The van der Waals surface area contributed by atoms with E-state index in [1.54, 1.807) is 6.92 Å². The Hall–Kier alpha value is -0.240. The van der Waals surface area contributed by atoms with Crippen molar-refractivity contribution in [3.05, 3.63) is 0 Å². The molecule has 54 valence electrons. The van der Waals surface area contributed by atoms with Crippen LogP contribution in [0, 0.1) is 5.92 Å². The topological polar surface area (TPSA) is 26.3 Å². The SMILES string of the molecule is COC(=O)[C@@H](C)CCCl. The third kappa shape index (κ3) is 3.36. The van der Waals surface area contributed by atoms with Crippen LogP contribution in [0.5, 0.6) is 0 Å². The van der Waals surface area contributed by atoms with Gasteiger partial charge in [0.05, 0.1) is 13.0 Å². The summed E-state index contributed by atoms with van der Waals surface area (Å²) in [7, 11) is 1.38. The highest BCUT2D eigenvalue weighted by Crippen LogP contribution is 2.04. The smallest absolute Gasteiger partial charge is 0.308 e. The van der Waals surface area contributed by atoms with Crippen LogP contribution in [0.2, 0.25) is 0 Å². The van der Waals surface area contributed by atoms with Crippen LogP contribution in [0.3, 0.4) is 0 Å². The average molecular weight is 151 g/mol. The van der Waals surface area contributed by atoms with Gasteiger partial charge < -0.3 is 4.74 Å². The van der Waals surface area contributed by atoms with E-state index in [1.807, 2.05) is 0 Å². The zero-order chi connectivity index (χ0) is 7.28. The molecular weight excluding hydrogens is 140 g/mol. The van der Waals surface area contributed by atoms with Gasteiger partial charge in [0, 0.05) is 5.88 Å². The molecule has 0 aromatic rings. The molecule has 0 rings (SSSR count). The molecular formula is C6H11ClO2. The molecule has 0 bridgehead atoms. The summed E-state index contributed by atoms with van der Waals surface area (Å²) in [5.74, 6) is 0.263. The average Bonchev–Trinajstić information content (AvgIpc) is 1.87. The highest BCUT2D eigenvalue weighted by Gasteiger charge is 2.10. The molecule has 0 saturated heterocycles. The molecule has 0 radical (unpaired) electrons. The Balaban J connectivity index is 3.45. The fourth-order valence-electron chi connectivity index (χ4n) is 0.483. The van der Waals surface area contributed by atoms with Crippen LogP contribution in [0.1, 0.15) is 13.3 Å². The second-order valence-electron chi connectivity index (χ2n) is 1.90. The standard InChI is InChI=1S/C6H11ClO2/c1-5(3-4-7)6(8)9-2/h5H,3-4H2,1-2H3/t5-/m0/s1. The fraction of sp³-hybridized carbons (Fsp3) is 0.833. The van der Waals surface area contributed by atoms with E-state index in [0.29, 0.717) is 12.3 Å². The zero-order valence-corrected chi connectivity index (χ0v) is 6.44. The van der Waals surface area contributed by atoms with Gasteiger partial charge in [-0.15, -0.1) is 11.6 Å². The van der Waals surface area contributed by atoms with Gasteiger partial charge >= 0.3 is 5.97 Å². The Morgan fingerprint density at radius 2 is 2.33 bits per heavy atom. The molecule has 0 aliphatic heterocycles. The Bertz CT molecular complexity index is 93.1. The van der Waals surface area contributed by atoms with Crippen molar-refractivity contribution in [3.63, 3.8) is 0 Å². The molecule has 0 aromatic heterocycles. The predicted octanol–water partition coefficient (Wildman–Crippen LogP) is 1.42. The van der Waals surface area contributed by atoms with Crippen LogP contribution in [-0.4, -0.2) is 19.0 Å². The van der Waals surface area contributed by atoms with Crippen LogP contribution < -0.4 is 0 Å². The molecule has 2 nitrogen and oxygen atoms in total. The third-order valence-corrected chi connectivity index (χ3v) is 1.36. The van der Waals surface area contributed by atoms with E-state index < -0.39 is 0 Å². The number of methoxy groups -OCH3 is 1. The van der Waals surface area contributed by atoms with Crippen molar-refractivity contribution in [1.82, 2.24) is 0 Å². The summed E-state index contributed by atoms with van der Waals surface area (Å²) in [6.07, 6.45) is 0.689. The Labute approximate surface area is 60.1 Å². The number of esters is 1. The first-order chi connectivity index (χ1) is 4.22. The zero-order valence-electron chi connectivity index (χ0n) is 5.69. The summed E-state index contributed by atoms with van der Waals surface area (Å²) in [6.45, 7) is 1.80. The maximum absolute atomic E-state index is 10.6. The Morgan fingerprint density at radius 3 is 2.67 bits per heavy atom. The number of hydrogen-bond acceptors (Lipinski definition) is 2. The first-order valence-electron chi connectivity index (χ1n) is 2.86. The molecule has 0 aromatic carbocycles. The minimum atomic E-state index is -0.185. The molecule has 0 amide bonds. The fourth-order valence-corrected chi connectivity index (χ4v) is 0.810. The van der Waals surface area contributed by atoms with Crippen LogP contribution in [-0.2, 0) is 9.53 Å². The molecule has 0 fully saturated rings. The lowest BCUT2D eigenvalue weighted by Crippen LogP contribution is -2.12. The van der Waals surface area contributed by atoms with E-state index in [4.69, 9.17) is 11.6 Å². The van der Waals surface area contributed by atoms with E-state index in [0.717, 1.165) is 0 Å². The highest BCUT2D eigenvalue weighted by molar-refractivity contribution is 6.17. The van der Waals surface area contributed by atoms with Gasteiger partial charge in [-0.2, -0.15) is 0 Å². The molecule has 0 aliphatic rings. The van der Waals surface area contributed by atoms with E-state index in [-0.39, 0.29) is 11.9 Å². The van der Waals surface area contributed by atoms with Crippen LogP contribution in [0.15, 0.2) is 0 Å². The van der Waals surface area contributed by atoms with Gasteiger partial charge in [0.2, 0.25) is 0 Å². The van der Waals surface area contributed by atoms with Gasteiger partial charge in [0.15, 0.2) is 0 Å². The summed E-state index contributed by atoms with van der Waals surface area (Å²) in [4.78, 5) is 10.6. The van der Waals surface area contributed by atoms with Crippen LogP contribution in [0.4, 0.5) is 0 Å². The van der Waals surface area contributed by atoms with E-state index in [1.165, 1.54) is 7.11 Å². The lowest BCUT2D eigenvalue weighted by Gasteiger charge is -2.04. The summed E-state index contributed by atoms with van der Waals surface area (Å²) < 4.78 is 4.47. The summed E-state index contributed by atoms with van der Waals surface area (Å²) in [6, 6.07) is 0. The van der Waals surface area contributed by atoms with Crippen molar-refractivity contribution < 1.29 is 9.53 Å². The highest BCUT2D eigenvalue weighted by atomic mass is 35.5. The molecule has 0 saturated carbocycles. The lowest BCUT2D eigenvalue weighted by molar-refractivity contribution is -0.144. The Kier molecular flexibility index (Phi) is 4.50. The van der Waals surface area contributed by atoms with E-state index in [9.17, 15) is 4.79 Å². The minimum Gasteiger partial charge on any atom is -0.469 e. The monoisotopic (exact) mass is 150 g/mol. The number of hydrogen-bond donors (Lipinski definition) is 0. The second-order valence-corrected chi connectivity index (χ2v) is 2.28. The minimum absolute atomic E-state index is 0.0625. The van der Waals surface area contributed by atoms with E-state index >= 15 is 0 Å². The summed E-state index contributed by atoms with van der Waals surface area (Å²) >= 11 is 5.39. The Morgan fingerprint density at radius 1 is 1.78 bits per heavy atom.